The van der Waals surface area contributed by atoms with Crippen molar-refractivity contribution < 1.29 is 19.4 Å². The van der Waals surface area contributed by atoms with Crippen molar-refractivity contribution in [3.63, 3.8) is 0 Å². The largest absolute Gasteiger partial charge is 0.508 e. The molecular formula is C27H35NO4. The zero-order valence-electron chi connectivity index (χ0n) is 19.5. The van der Waals surface area contributed by atoms with E-state index in [1.165, 1.54) is 25.5 Å². The predicted octanol–water partition coefficient (Wildman–Crippen LogP) is 4.76. The third kappa shape index (κ3) is 6.19. The van der Waals surface area contributed by atoms with Crippen molar-refractivity contribution in [3.05, 3.63) is 65.2 Å². The number of nitrogens with zero attached hydrogens (tertiary/aromatic N) is 1. The van der Waals surface area contributed by atoms with Crippen molar-refractivity contribution >= 4 is 11.8 Å². The summed E-state index contributed by atoms with van der Waals surface area (Å²) in [5.41, 5.74) is 2.09. The Morgan fingerprint density at radius 3 is 2.25 bits per heavy atom. The molecule has 1 aliphatic rings. The summed E-state index contributed by atoms with van der Waals surface area (Å²) in [5.74, 6) is 0.863. The Bertz CT molecular complexity index is 894. The van der Waals surface area contributed by atoms with E-state index in [1.807, 2.05) is 50.2 Å². The first kappa shape index (κ1) is 24.0. The van der Waals surface area contributed by atoms with Gasteiger partial charge in [-0.1, -0.05) is 36.4 Å². The van der Waals surface area contributed by atoms with Crippen molar-refractivity contribution in [2.75, 3.05) is 26.7 Å². The minimum atomic E-state index is -0.731. The number of aromatic hydroxyl groups is 1. The molecule has 0 aliphatic carbocycles. The van der Waals surface area contributed by atoms with Crippen LogP contribution in [-0.4, -0.2) is 48.5 Å². The normalized spacial score (nSPS) is 15.5. The second-order valence-electron chi connectivity index (χ2n) is 9.38. The Kier molecular flexibility index (Phi) is 8.08. The molecule has 1 aliphatic heterocycles. The summed E-state index contributed by atoms with van der Waals surface area (Å²) in [6.45, 7) is 6.75. The van der Waals surface area contributed by atoms with Gasteiger partial charge in [0, 0.05) is 12.0 Å². The van der Waals surface area contributed by atoms with Gasteiger partial charge >= 0.3 is 5.97 Å². The number of benzene rings is 2. The molecule has 3 rings (SSSR count). The van der Waals surface area contributed by atoms with Crippen LogP contribution in [0.2, 0.25) is 0 Å². The number of methoxy groups -OCH3 is 1. The molecule has 0 amide bonds. The number of piperidine rings is 1. The zero-order chi connectivity index (χ0) is 23.1. The molecule has 172 valence electrons. The number of Topliss-reactive ketones (excluding diaryl/α,β-unsaturated/α-hetero) is 1. The van der Waals surface area contributed by atoms with Gasteiger partial charge in [-0.05, 0) is 88.3 Å². The quantitative estimate of drug-likeness (QED) is 0.453. The number of phenols is 1. The van der Waals surface area contributed by atoms with E-state index in [-0.39, 0.29) is 11.8 Å². The van der Waals surface area contributed by atoms with Crippen molar-refractivity contribution in [2.45, 2.75) is 51.4 Å². The van der Waals surface area contributed by atoms with Crippen LogP contribution in [0.4, 0.5) is 0 Å². The highest BCUT2D eigenvalue weighted by Crippen LogP contribution is 2.26. The van der Waals surface area contributed by atoms with Gasteiger partial charge in [0.25, 0.3) is 0 Å². The fourth-order valence-electron chi connectivity index (χ4n) is 4.43. The van der Waals surface area contributed by atoms with E-state index in [2.05, 4.69) is 4.90 Å². The molecule has 0 bridgehead atoms. The molecule has 1 N–H and O–H groups in total. The Morgan fingerprint density at radius 2 is 1.66 bits per heavy atom. The van der Waals surface area contributed by atoms with Crippen LogP contribution >= 0.6 is 0 Å². The summed E-state index contributed by atoms with van der Waals surface area (Å²) < 4.78 is 4.88. The molecule has 0 radical (unpaired) electrons. The van der Waals surface area contributed by atoms with Crippen molar-refractivity contribution in [1.29, 1.82) is 0 Å². The molecule has 32 heavy (non-hydrogen) atoms. The number of ether oxygens (including phenoxy) is 1. The van der Waals surface area contributed by atoms with Crippen LogP contribution in [-0.2, 0) is 21.4 Å². The van der Waals surface area contributed by atoms with Gasteiger partial charge in [-0.2, -0.15) is 0 Å². The van der Waals surface area contributed by atoms with E-state index < -0.39 is 5.41 Å². The third-order valence-electron chi connectivity index (χ3n) is 6.67. The van der Waals surface area contributed by atoms with E-state index in [4.69, 9.17) is 4.74 Å². The topological polar surface area (TPSA) is 66.8 Å². The standard InChI is InChI=1S/C27H35NO4/c1-27(2,26(31)32-3)23-10-8-22(9-11-23)25(30)5-4-16-28-17-14-21(15-18-28)19-20-6-12-24(29)13-7-20/h6-13,21,29H,4-5,14-19H2,1-3H3. The number of phenolic OH excluding ortho intramolecular Hbond substituents is 1. The lowest BCUT2D eigenvalue weighted by molar-refractivity contribution is -0.146. The van der Waals surface area contributed by atoms with Gasteiger partial charge in [0.05, 0.1) is 12.5 Å². The lowest BCUT2D eigenvalue weighted by Crippen LogP contribution is -2.35. The molecule has 1 heterocycles. The average Bonchev–Trinajstić information content (AvgIpc) is 2.81. The molecular weight excluding hydrogens is 402 g/mol. The number of ketones is 1. The molecule has 1 fully saturated rings. The van der Waals surface area contributed by atoms with Crippen LogP contribution in [0.25, 0.3) is 0 Å². The maximum absolute atomic E-state index is 12.6. The van der Waals surface area contributed by atoms with Crippen molar-refractivity contribution in [2.24, 2.45) is 5.92 Å². The van der Waals surface area contributed by atoms with E-state index in [0.717, 1.165) is 38.0 Å². The number of hydrogen-bond donors (Lipinski definition) is 1. The monoisotopic (exact) mass is 437 g/mol. The van der Waals surface area contributed by atoms with Gasteiger partial charge < -0.3 is 14.7 Å². The number of rotatable bonds is 9. The SMILES string of the molecule is COC(=O)C(C)(C)c1ccc(C(=O)CCCN2CCC(Cc3ccc(O)cc3)CC2)cc1. The van der Waals surface area contributed by atoms with Crippen LogP contribution < -0.4 is 0 Å². The number of carbonyl (C=O) groups is 2. The number of hydrogen-bond acceptors (Lipinski definition) is 5. The predicted molar refractivity (Wildman–Crippen MR) is 126 cm³/mol. The van der Waals surface area contributed by atoms with Gasteiger partial charge in [0.15, 0.2) is 5.78 Å². The third-order valence-corrected chi connectivity index (χ3v) is 6.67. The first-order valence-corrected chi connectivity index (χ1v) is 11.5. The number of likely N-dealkylation sites (tertiary alicyclic amines) is 1. The Hall–Kier alpha value is -2.66. The fraction of sp³-hybridized carbons (Fsp3) is 0.481. The van der Waals surface area contributed by atoms with E-state index >= 15 is 0 Å². The molecule has 1 saturated heterocycles. The summed E-state index contributed by atoms with van der Waals surface area (Å²) in [6.07, 6.45) is 4.80. The van der Waals surface area contributed by atoms with Gasteiger partial charge in [-0.3, -0.25) is 9.59 Å². The lowest BCUT2D eigenvalue weighted by atomic mass is 9.84. The van der Waals surface area contributed by atoms with Gasteiger partial charge in [0.1, 0.15) is 5.75 Å². The minimum Gasteiger partial charge on any atom is -0.508 e. The van der Waals surface area contributed by atoms with Crippen LogP contribution in [0.3, 0.4) is 0 Å². The molecule has 0 atom stereocenters. The second kappa shape index (κ2) is 10.8. The second-order valence-corrected chi connectivity index (χ2v) is 9.38. The maximum Gasteiger partial charge on any atom is 0.315 e. The summed E-state index contributed by atoms with van der Waals surface area (Å²) in [4.78, 5) is 27.0. The molecule has 5 heteroatoms. The van der Waals surface area contributed by atoms with E-state index in [1.54, 1.807) is 12.1 Å². The van der Waals surface area contributed by atoms with Gasteiger partial charge in [0.2, 0.25) is 0 Å². The Morgan fingerprint density at radius 1 is 1.03 bits per heavy atom. The molecule has 0 unspecified atom stereocenters. The molecule has 0 saturated carbocycles. The summed E-state index contributed by atoms with van der Waals surface area (Å²) in [5, 5.41) is 9.42. The Labute approximate surface area is 191 Å². The smallest absolute Gasteiger partial charge is 0.315 e. The first-order chi connectivity index (χ1) is 15.3. The highest BCUT2D eigenvalue weighted by atomic mass is 16.5. The van der Waals surface area contributed by atoms with Crippen LogP contribution in [0.1, 0.15) is 61.0 Å². The lowest BCUT2D eigenvalue weighted by Gasteiger charge is -2.32. The van der Waals surface area contributed by atoms with Gasteiger partial charge in [-0.25, -0.2) is 0 Å². The summed E-state index contributed by atoms with van der Waals surface area (Å²) in [7, 11) is 1.39. The summed E-state index contributed by atoms with van der Waals surface area (Å²) >= 11 is 0. The number of carbonyl (C=O) groups excluding carboxylic acids is 2. The molecule has 0 aromatic heterocycles. The fourth-order valence-corrected chi connectivity index (χ4v) is 4.43. The molecule has 2 aromatic rings. The minimum absolute atomic E-state index is 0.148. The average molecular weight is 438 g/mol. The number of esters is 1. The van der Waals surface area contributed by atoms with Crippen molar-refractivity contribution in [1.82, 2.24) is 4.90 Å². The molecule has 5 nitrogen and oxygen atoms in total. The summed E-state index contributed by atoms with van der Waals surface area (Å²) in [6, 6.07) is 14.9. The van der Waals surface area contributed by atoms with E-state index in [9.17, 15) is 14.7 Å². The first-order valence-electron chi connectivity index (χ1n) is 11.5. The highest BCUT2D eigenvalue weighted by molar-refractivity contribution is 5.96. The van der Waals surface area contributed by atoms with Gasteiger partial charge in [-0.15, -0.1) is 0 Å². The van der Waals surface area contributed by atoms with Crippen molar-refractivity contribution in [3.8, 4) is 5.75 Å². The molecule has 2 aromatic carbocycles. The zero-order valence-corrected chi connectivity index (χ0v) is 19.5. The molecule has 0 spiro atoms. The highest BCUT2D eigenvalue weighted by Gasteiger charge is 2.30. The maximum atomic E-state index is 12.6. The Balaban J connectivity index is 1.40. The van der Waals surface area contributed by atoms with E-state index in [0.29, 0.717) is 23.7 Å². The van der Waals surface area contributed by atoms with Crippen LogP contribution in [0.5, 0.6) is 5.75 Å². The van der Waals surface area contributed by atoms with Crippen LogP contribution in [0.15, 0.2) is 48.5 Å². The van der Waals surface area contributed by atoms with Crippen LogP contribution in [0, 0.1) is 5.92 Å².